The summed E-state index contributed by atoms with van der Waals surface area (Å²) in [5.74, 6) is 0. The monoisotopic (exact) mass is 246 g/mol. The van der Waals surface area contributed by atoms with Gasteiger partial charge in [-0.25, -0.2) is 0 Å². The number of aromatic nitrogens is 2. The maximum atomic E-state index is 9.03. The lowest BCUT2D eigenvalue weighted by Gasteiger charge is -2.06. The Hall–Kier alpha value is -1.99. The highest BCUT2D eigenvalue weighted by Gasteiger charge is 2.07. The first-order valence-electron chi connectivity index (χ1n) is 5.07. The summed E-state index contributed by atoms with van der Waals surface area (Å²) < 4.78 is 1.72. The van der Waals surface area contributed by atoms with Gasteiger partial charge in [0.05, 0.1) is 22.6 Å². The largest absolute Gasteiger partial charge is 0.352 e. The maximum absolute atomic E-state index is 9.03. The van der Waals surface area contributed by atoms with Crippen molar-refractivity contribution in [3.05, 3.63) is 40.7 Å². The molecule has 0 amide bonds. The number of nitrogens with zero attached hydrogens (tertiary/aromatic N) is 3. The third kappa shape index (κ3) is 2.40. The normalized spacial score (nSPS) is 10.0. The second-order valence-electron chi connectivity index (χ2n) is 3.73. The van der Waals surface area contributed by atoms with E-state index in [0.29, 0.717) is 10.6 Å². The van der Waals surface area contributed by atoms with Gasteiger partial charge in [-0.2, -0.15) is 10.4 Å². The molecule has 17 heavy (non-hydrogen) atoms. The van der Waals surface area contributed by atoms with Gasteiger partial charge in [0.25, 0.3) is 0 Å². The average molecular weight is 247 g/mol. The van der Waals surface area contributed by atoms with Crippen molar-refractivity contribution in [3.63, 3.8) is 0 Å². The van der Waals surface area contributed by atoms with E-state index in [1.165, 1.54) is 0 Å². The van der Waals surface area contributed by atoms with Crippen LogP contribution < -0.4 is 5.32 Å². The highest BCUT2D eigenvalue weighted by Crippen LogP contribution is 2.24. The van der Waals surface area contributed by atoms with Gasteiger partial charge < -0.3 is 5.32 Å². The molecule has 86 valence electrons. The van der Waals surface area contributed by atoms with E-state index < -0.39 is 0 Å². The molecule has 0 atom stereocenters. The molecule has 0 saturated heterocycles. The van der Waals surface area contributed by atoms with E-state index in [2.05, 4.69) is 16.5 Å². The molecule has 1 aromatic carbocycles. The molecular weight excluding hydrogens is 236 g/mol. The van der Waals surface area contributed by atoms with Crippen molar-refractivity contribution in [2.24, 2.45) is 7.05 Å². The fourth-order valence-corrected chi connectivity index (χ4v) is 1.76. The van der Waals surface area contributed by atoms with Gasteiger partial charge in [-0.05, 0) is 25.1 Å². The zero-order valence-electron chi connectivity index (χ0n) is 9.53. The van der Waals surface area contributed by atoms with E-state index in [1.54, 1.807) is 22.9 Å². The summed E-state index contributed by atoms with van der Waals surface area (Å²) in [7, 11) is 1.85. The molecule has 0 saturated carbocycles. The van der Waals surface area contributed by atoms with Crippen molar-refractivity contribution in [2.45, 2.75) is 6.92 Å². The SMILES string of the molecule is Cc1nn(C)cc1Nc1ccc(Cl)cc1C#N. The van der Waals surface area contributed by atoms with E-state index in [-0.39, 0.29) is 0 Å². The van der Waals surface area contributed by atoms with Crippen LogP contribution in [-0.4, -0.2) is 9.78 Å². The molecule has 2 aromatic rings. The number of rotatable bonds is 2. The van der Waals surface area contributed by atoms with E-state index in [9.17, 15) is 0 Å². The molecule has 1 aromatic heterocycles. The molecule has 0 spiro atoms. The van der Waals surface area contributed by atoms with Crippen LogP contribution in [0.2, 0.25) is 5.02 Å². The van der Waals surface area contributed by atoms with Gasteiger partial charge in [0, 0.05) is 18.3 Å². The third-order valence-electron chi connectivity index (χ3n) is 2.38. The summed E-state index contributed by atoms with van der Waals surface area (Å²) in [6, 6.07) is 7.27. The number of benzene rings is 1. The van der Waals surface area contributed by atoms with Gasteiger partial charge in [0.2, 0.25) is 0 Å². The smallest absolute Gasteiger partial charge is 0.101 e. The summed E-state index contributed by atoms with van der Waals surface area (Å²) >= 11 is 5.84. The van der Waals surface area contributed by atoms with E-state index in [1.807, 2.05) is 20.2 Å². The van der Waals surface area contributed by atoms with Crippen LogP contribution >= 0.6 is 11.6 Å². The second-order valence-corrected chi connectivity index (χ2v) is 4.16. The second kappa shape index (κ2) is 4.48. The minimum Gasteiger partial charge on any atom is -0.352 e. The van der Waals surface area contributed by atoms with Crippen molar-refractivity contribution in [2.75, 3.05) is 5.32 Å². The van der Waals surface area contributed by atoms with Gasteiger partial charge in [0.1, 0.15) is 6.07 Å². The first kappa shape index (κ1) is 11.5. The Bertz CT molecular complexity index is 595. The number of aryl methyl sites for hydroxylation is 2. The Morgan fingerprint density at radius 2 is 2.18 bits per heavy atom. The number of nitrogens with one attached hydrogen (secondary N) is 1. The fraction of sp³-hybridized carbons (Fsp3) is 0.167. The molecule has 0 fully saturated rings. The predicted octanol–water partition coefficient (Wildman–Crippen LogP) is 3.00. The Labute approximate surface area is 104 Å². The summed E-state index contributed by atoms with van der Waals surface area (Å²) in [5, 5.41) is 17.0. The summed E-state index contributed by atoms with van der Waals surface area (Å²) in [5.41, 5.74) is 3.01. The molecular formula is C12H11ClN4. The molecule has 0 aliphatic carbocycles. The van der Waals surface area contributed by atoms with Crippen molar-refractivity contribution in [1.29, 1.82) is 5.26 Å². The molecule has 0 aliphatic rings. The molecule has 5 heteroatoms. The molecule has 1 N–H and O–H groups in total. The molecule has 0 unspecified atom stereocenters. The first-order chi connectivity index (χ1) is 8.10. The Kier molecular flexibility index (Phi) is 3.03. The zero-order valence-corrected chi connectivity index (χ0v) is 10.3. The van der Waals surface area contributed by atoms with Crippen LogP contribution in [0.1, 0.15) is 11.3 Å². The Balaban J connectivity index is 2.37. The lowest BCUT2D eigenvalue weighted by atomic mass is 10.2. The number of anilines is 2. The quantitative estimate of drug-likeness (QED) is 0.886. The number of hydrogen-bond donors (Lipinski definition) is 1. The minimum absolute atomic E-state index is 0.515. The molecule has 4 nitrogen and oxygen atoms in total. The van der Waals surface area contributed by atoms with Crippen LogP contribution in [0, 0.1) is 18.3 Å². The maximum Gasteiger partial charge on any atom is 0.101 e. The molecule has 0 aliphatic heterocycles. The van der Waals surface area contributed by atoms with Crippen LogP contribution in [0.3, 0.4) is 0 Å². The lowest BCUT2D eigenvalue weighted by Crippen LogP contribution is -1.93. The standard InChI is InChI=1S/C12H11ClN4/c1-8-12(7-17(2)16-8)15-11-4-3-10(13)5-9(11)6-14/h3-5,7,15H,1-2H3. The summed E-state index contributed by atoms with van der Waals surface area (Å²) in [4.78, 5) is 0. The third-order valence-corrected chi connectivity index (χ3v) is 2.62. The predicted molar refractivity (Wildman–Crippen MR) is 67.4 cm³/mol. The van der Waals surface area contributed by atoms with Gasteiger partial charge >= 0.3 is 0 Å². The van der Waals surface area contributed by atoms with Crippen LogP contribution in [0.15, 0.2) is 24.4 Å². The fourth-order valence-electron chi connectivity index (χ4n) is 1.59. The van der Waals surface area contributed by atoms with Gasteiger partial charge in [-0.3, -0.25) is 4.68 Å². The van der Waals surface area contributed by atoms with E-state index in [4.69, 9.17) is 16.9 Å². The zero-order chi connectivity index (χ0) is 12.4. The van der Waals surface area contributed by atoms with E-state index in [0.717, 1.165) is 17.1 Å². The van der Waals surface area contributed by atoms with Gasteiger partial charge in [-0.15, -0.1) is 0 Å². The van der Waals surface area contributed by atoms with Gasteiger partial charge in [-0.1, -0.05) is 11.6 Å². The van der Waals surface area contributed by atoms with Crippen molar-refractivity contribution in [1.82, 2.24) is 9.78 Å². The average Bonchev–Trinajstić information content (AvgIpc) is 2.60. The number of halogens is 1. The molecule has 0 radical (unpaired) electrons. The topological polar surface area (TPSA) is 53.6 Å². The van der Waals surface area contributed by atoms with E-state index >= 15 is 0 Å². The minimum atomic E-state index is 0.515. The summed E-state index contributed by atoms with van der Waals surface area (Å²) in [6.45, 7) is 1.91. The lowest BCUT2D eigenvalue weighted by molar-refractivity contribution is 0.756. The van der Waals surface area contributed by atoms with Crippen LogP contribution in [0.4, 0.5) is 11.4 Å². The molecule has 0 bridgehead atoms. The van der Waals surface area contributed by atoms with Gasteiger partial charge in [0.15, 0.2) is 0 Å². The van der Waals surface area contributed by atoms with Crippen molar-refractivity contribution in [3.8, 4) is 6.07 Å². The highest BCUT2D eigenvalue weighted by molar-refractivity contribution is 6.30. The summed E-state index contributed by atoms with van der Waals surface area (Å²) in [6.07, 6.45) is 1.87. The van der Waals surface area contributed by atoms with Crippen molar-refractivity contribution < 1.29 is 0 Å². The first-order valence-corrected chi connectivity index (χ1v) is 5.45. The van der Waals surface area contributed by atoms with Crippen LogP contribution in [-0.2, 0) is 7.05 Å². The molecule has 2 rings (SSSR count). The Morgan fingerprint density at radius 1 is 1.41 bits per heavy atom. The molecule has 1 heterocycles. The van der Waals surface area contributed by atoms with Crippen LogP contribution in [0.25, 0.3) is 0 Å². The number of hydrogen-bond acceptors (Lipinski definition) is 3. The number of nitriles is 1. The highest BCUT2D eigenvalue weighted by atomic mass is 35.5. The van der Waals surface area contributed by atoms with Crippen molar-refractivity contribution >= 4 is 23.0 Å². The van der Waals surface area contributed by atoms with Crippen LogP contribution in [0.5, 0.6) is 0 Å². The Morgan fingerprint density at radius 3 is 2.76 bits per heavy atom.